The average molecular weight is 352 g/mol. The first kappa shape index (κ1) is 16.7. The van der Waals surface area contributed by atoms with Gasteiger partial charge in [0.05, 0.1) is 17.4 Å². The van der Waals surface area contributed by atoms with Crippen molar-refractivity contribution in [2.45, 2.75) is 19.4 Å². The molecule has 2 aromatic carbocycles. The molecule has 0 unspecified atom stereocenters. The summed E-state index contributed by atoms with van der Waals surface area (Å²) in [6.45, 7) is 4.27. The van der Waals surface area contributed by atoms with E-state index in [1.165, 1.54) is 38.1 Å². The number of fused-ring (bicyclic) bond motifs is 1. The Hall–Kier alpha value is -2.73. The Morgan fingerprint density at radius 3 is 2.77 bits per heavy atom. The fourth-order valence-electron chi connectivity index (χ4n) is 3.41. The Labute approximate surface area is 151 Å². The third-order valence-electron chi connectivity index (χ3n) is 4.82. The van der Waals surface area contributed by atoms with Gasteiger partial charge in [0.1, 0.15) is 5.82 Å². The number of carbonyl (C=O) groups excluding carboxylic acids is 1. The number of amides is 1. The van der Waals surface area contributed by atoms with Crippen LogP contribution in [0.25, 0.3) is 11.0 Å². The highest BCUT2D eigenvalue weighted by Gasteiger charge is 2.13. The Kier molecular flexibility index (Phi) is 4.67. The summed E-state index contributed by atoms with van der Waals surface area (Å²) in [4.78, 5) is 19.3. The number of rotatable bonds is 5. The molecular weight excluding hydrogens is 331 g/mol. The molecule has 5 nitrogen and oxygen atoms in total. The van der Waals surface area contributed by atoms with E-state index in [0.29, 0.717) is 11.3 Å². The van der Waals surface area contributed by atoms with Crippen molar-refractivity contribution in [1.29, 1.82) is 0 Å². The Morgan fingerprint density at radius 1 is 1.12 bits per heavy atom. The first-order valence-electron chi connectivity index (χ1n) is 8.93. The number of anilines is 1. The van der Waals surface area contributed by atoms with E-state index in [1.54, 1.807) is 24.3 Å². The van der Waals surface area contributed by atoms with Gasteiger partial charge in [-0.25, -0.2) is 9.37 Å². The molecule has 0 saturated carbocycles. The first-order chi connectivity index (χ1) is 12.7. The number of nitrogens with one attached hydrogen (secondary N) is 1. The van der Waals surface area contributed by atoms with E-state index in [0.717, 1.165) is 24.1 Å². The van der Waals surface area contributed by atoms with Gasteiger partial charge in [-0.1, -0.05) is 6.07 Å². The van der Waals surface area contributed by atoms with Crippen LogP contribution in [0, 0.1) is 5.82 Å². The molecule has 0 aliphatic carbocycles. The molecule has 2 heterocycles. The molecule has 134 valence electrons. The van der Waals surface area contributed by atoms with E-state index >= 15 is 0 Å². The van der Waals surface area contributed by atoms with Crippen molar-refractivity contribution in [3.05, 3.63) is 60.2 Å². The van der Waals surface area contributed by atoms with E-state index in [2.05, 4.69) is 19.8 Å². The second-order valence-electron chi connectivity index (χ2n) is 6.65. The normalized spacial score (nSPS) is 14.8. The predicted molar refractivity (Wildman–Crippen MR) is 99.8 cm³/mol. The quantitative estimate of drug-likeness (QED) is 0.764. The lowest BCUT2D eigenvalue weighted by molar-refractivity contribution is 0.102. The summed E-state index contributed by atoms with van der Waals surface area (Å²) in [5, 5.41) is 2.71. The van der Waals surface area contributed by atoms with E-state index in [9.17, 15) is 9.18 Å². The summed E-state index contributed by atoms with van der Waals surface area (Å²) in [5.41, 5.74) is 2.75. The molecule has 0 atom stereocenters. The lowest BCUT2D eigenvalue weighted by atomic mass is 10.2. The molecule has 0 spiro atoms. The van der Waals surface area contributed by atoms with Gasteiger partial charge in [-0.05, 0) is 62.3 Å². The van der Waals surface area contributed by atoms with Crippen LogP contribution in [0.3, 0.4) is 0 Å². The SMILES string of the molecule is O=C(Nc1cccc(F)c1)c1ccc2c(c1)ncn2CCN1CCCC1. The predicted octanol–water partition coefficient (Wildman–Crippen LogP) is 3.52. The zero-order valence-corrected chi connectivity index (χ0v) is 14.5. The van der Waals surface area contributed by atoms with Crippen LogP contribution in [0.5, 0.6) is 0 Å². The lowest BCUT2D eigenvalue weighted by Crippen LogP contribution is -2.23. The van der Waals surface area contributed by atoms with Crippen molar-refractivity contribution < 1.29 is 9.18 Å². The molecule has 1 aromatic heterocycles. The summed E-state index contributed by atoms with van der Waals surface area (Å²) in [5.74, 6) is -0.654. The van der Waals surface area contributed by atoms with Crippen molar-refractivity contribution in [3.8, 4) is 0 Å². The van der Waals surface area contributed by atoms with E-state index in [-0.39, 0.29) is 11.7 Å². The summed E-state index contributed by atoms with van der Waals surface area (Å²) in [6.07, 6.45) is 4.40. The Balaban J connectivity index is 1.48. The number of carbonyl (C=O) groups is 1. The molecule has 1 saturated heterocycles. The van der Waals surface area contributed by atoms with Gasteiger partial charge in [0.2, 0.25) is 0 Å². The highest BCUT2D eigenvalue weighted by Crippen LogP contribution is 2.17. The van der Waals surface area contributed by atoms with Crippen molar-refractivity contribution >= 4 is 22.6 Å². The van der Waals surface area contributed by atoms with Crippen LogP contribution in [0.2, 0.25) is 0 Å². The second-order valence-corrected chi connectivity index (χ2v) is 6.65. The fraction of sp³-hybridized carbons (Fsp3) is 0.300. The summed E-state index contributed by atoms with van der Waals surface area (Å²) in [7, 11) is 0. The number of nitrogens with zero attached hydrogens (tertiary/aromatic N) is 3. The lowest BCUT2D eigenvalue weighted by Gasteiger charge is -2.15. The van der Waals surface area contributed by atoms with Crippen LogP contribution in [0.1, 0.15) is 23.2 Å². The van der Waals surface area contributed by atoms with E-state index < -0.39 is 0 Å². The van der Waals surface area contributed by atoms with Gasteiger partial charge in [0.15, 0.2) is 0 Å². The number of benzene rings is 2. The highest BCUT2D eigenvalue weighted by atomic mass is 19.1. The van der Waals surface area contributed by atoms with Gasteiger partial charge in [-0.15, -0.1) is 0 Å². The van der Waals surface area contributed by atoms with Crippen LogP contribution in [0.4, 0.5) is 10.1 Å². The fourth-order valence-corrected chi connectivity index (χ4v) is 3.41. The minimum absolute atomic E-state index is 0.274. The molecule has 6 heteroatoms. The van der Waals surface area contributed by atoms with Crippen molar-refractivity contribution in [2.24, 2.45) is 0 Å². The van der Waals surface area contributed by atoms with Gasteiger partial charge in [-0.3, -0.25) is 4.79 Å². The smallest absolute Gasteiger partial charge is 0.255 e. The largest absolute Gasteiger partial charge is 0.329 e. The number of imidazole rings is 1. The van der Waals surface area contributed by atoms with Crippen molar-refractivity contribution in [1.82, 2.24) is 14.5 Å². The maximum atomic E-state index is 13.2. The topological polar surface area (TPSA) is 50.2 Å². The maximum absolute atomic E-state index is 13.2. The monoisotopic (exact) mass is 352 g/mol. The van der Waals surface area contributed by atoms with Gasteiger partial charge in [-0.2, -0.15) is 0 Å². The molecule has 0 bridgehead atoms. The molecule has 1 aliphatic heterocycles. The zero-order chi connectivity index (χ0) is 17.9. The molecule has 1 aliphatic rings. The van der Waals surface area contributed by atoms with E-state index in [1.807, 2.05) is 12.4 Å². The summed E-state index contributed by atoms with van der Waals surface area (Å²) >= 11 is 0. The third kappa shape index (κ3) is 3.60. The minimum atomic E-state index is -0.380. The third-order valence-corrected chi connectivity index (χ3v) is 4.82. The molecular formula is C20H21FN4O. The molecule has 1 N–H and O–H groups in total. The van der Waals surface area contributed by atoms with Gasteiger partial charge in [0.25, 0.3) is 5.91 Å². The van der Waals surface area contributed by atoms with E-state index in [4.69, 9.17) is 0 Å². The molecule has 4 rings (SSSR count). The van der Waals surface area contributed by atoms with Crippen LogP contribution < -0.4 is 5.32 Å². The van der Waals surface area contributed by atoms with Gasteiger partial charge < -0.3 is 14.8 Å². The van der Waals surface area contributed by atoms with Crippen LogP contribution in [0.15, 0.2) is 48.8 Å². The maximum Gasteiger partial charge on any atom is 0.255 e. The number of hydrogen-bond donors (Lipinski definition) is 1. The van der Waals surface area contributed by atoms with Crippen LogP contribution in [-0.2, 0) is 6.54 Å². The van der Waals surface area contributed by atoms with Crippen LogP contribution in [-0.4, -0.2) is 40.0 Å². The Bertz CT molecular complexity index is 930. The Morgan fingerprint density at radius 2 is 1.96 bits per heavy atom. The van der Waals surface area contributed by atoms with Gasteiger partial charge in [0, 0.05) is 24.3 Å². The molecule has 1 fully saturated rings. The van der Waals surface area contributed by atoms with Crippen molar-refractivity contribution in [3.63, 3.8) is 0 Å². The number of aromatic nitrogens is 2. The van der Waals surface area contributed by atoms with Gasteiger partial charge >= 0.3 is 0 Å². The van der Waals surface area contributed by atoms with Crippen LogP contribution >= 0.6 is 0 Å². The molecule has 3 aromatic rings. The standard InChI is InChI=1S/C20H21FN4O/c21-16-4-3-5-17(13-16)23-20(26)15-6-7-19-18(12-15)22-14-25(19)11-10-24-8-1-2-9-24/h3-7,12-14H,1-2,8-11H2,(H,23,26). The molecule has 1 amide bonds. The highest BCUT2D eigenvalue weighted by molar-refractivity contribution is 6.05. The van der Waals surface area contributed by atoms with Crippen molar-refractivity contribution in [2.75, 3.05) is 25.0 Å². The first-order valence-corrected chi connectivity index (χ1v) is 8.93. The molecule has 26 heavy (non-hydrogen) atoms. The zero-order valence-electron chi connectivity index (χ0n) is 14.5. The number of likely N-dealkylation sites (tertiary alicyclic amines) is 1. The molecule has 0 radical (unpaired) electrons. The number of hydrogen-bond acceptors (Lipinski definition) is 3. The summed E-state index contributed by atoms with van der Waals surface area (Å²) in [6, 6.07) is 11.3. The minimum Gasteiger partial charge on any atom is -0.329 e. The second kappa shape index (κ2) is 7.25. The number of halogens is 1. The summed E-state index contributed by atoms with van der Waals surface area (Å²) < 4.78 is 15.4. The average Bonchev–Trinajstić information content (AvgIpc) is 3.29.